The normalized spacial score (nSPS) is 18.6. The highest BCUT2D eigenvalue weighted by atomic mass is 19.2. The molecule has 14 heterocycles. The van der Waals surface area contributed by atoms with E-state index in [0.29, 0.717) is 45.0 Å². The van der Waals surface area contributed by atoms with Crippen molar-refractivity contribution >= 4 is 41.4 Å². The SMILES string of the molecule is CC(C)(C)C(=O)N1CC(c2ccc(F)cn2)C1.CC(C)(C)C(=O)N1CC(c2ccnc(F)c2)C1.CC(C)(C)C(=O)N1CC(c2cncc(F)c2)C1.CC(C)(C)C(=O)N1CCC1c1ccc(F)cn1.CC(C)(C)C(=O)N1CCC1c1ccc(F)nc1.CC(C)(C)C(=O)N1CCC1c1cccc(F)n1.CC(C)(C)C(=O)N1CCC1c1cncc(F)c1. The molecule has 7 aliphatic rings. The quantitative estimate of drug-likeness (QED) is 0.107. The summed E-state index contributed by atoms with van der Waals surface area (Å²) >= 11 is 0. The van der Waals surface area contributed by atoms with Gasteiger partial charge >= 0.3 is 0 Å². The highest BCUT2D eigenvalue weighted by molar-refractivity contribution is 5.86. The number of halogens is 7. The van der Waals surface area contributed by atoms with Crippen LogP contribution in [0.2, 0.25) is 0 Å². The molecule has 0 aliphatic carbocycles. The minimum Gasteiger partial charge on any atom is -0.341 e. The summed E-state index contributed by atoms with van der Waals surface area (Å²) in [6.45, 7) is 47.1. The molecule has 28 heteroatoms. The van der Waals surface area contributed by atoms with Crippen molar-refractivity contribution in [1.29, 1.82) is 0 Å². The number of aromatic nitrogens is 7. The molecule has 7 aromatic heterocycles. The molecule has 0 bridgehead atoms. The van der Waals surface area contributed by atoms with Crippen molar-refractivity contribution in [2.75, 3.05) is 65.4 Å². The molecule has 0 N–H and O–H groups in total. The van der Waals surface area contributed by atoms with Crippen LogP contribution in [0, 0.1) is 79.0 Å². The van der Waals surface area contributed by atoms with E-state index in [1.807, 2.05) is 176 Å². The number of carbonyl (C=O) groups excluding carboxylic acids is 7. The average molecular weight is 1650 g/mol. The molecule has 119 heavy (non-hydrogen) atoms. The Balaban J connectivity index is 0.000000173. The third kappa shape index (κ3) is 25.5. The van der Waals surface area contributed by atoms with E-state index < -0.39 is 23.3 Å². The van der Waals surface area contributed by atoms with Gasteiger partial charge in [0.1, 0.15) is 23.3 Å². The van der Waals surface area contributed by atoms with Crippen molar-refractivity contribution in [3.05, 3.63) is 209 Å². The van der Waals surface area contributed by atoms with E-state index >= 15 is 0 Å². The van der Waals surface area contributed by atoms with Crippen LogP contribution in [0.1, 0.15) is 252 Å². The summed E-state index contributed by atoms with van der Waals surface area (Å²) in [7, 11) is 0. The van der Waals surface area contributed by atoms with Gasteiger partial charge in [0, 0.05) is 152 Å². The van der Waals surface area contributed by atoms with Crippen LogP contribution in [0.25, 0.3) is 0 Å². The fourth-order valence-corrected chi connectivity index (χ4v) is 13.9. The number of nitrogens with zero attached hydrogens (tertiary/aromatic N) is 14. The molecule has 4 unspecified atom stereocenters. The van der Waals surface area contributed by atoms with Gasteiger partial charge in [0.2, 0.25) is 59.2 Å². The molecule has 7 aliphatic heterocycles. The summed E-state index contributed by atoms with van der Waals surface area (Å²) in [5, 5.41) is 0. The second-order valence-electron chi connectivity index (χ2n) is 38.6. The van der Waals surface area contributed by atoms with Gasteiger partial charge in [-0.3, -0.25) is 53.5 Å². The van der Waals surface area contributed by atoms with Crippen LogP contribution in [0.4, 0.5) is 30.7 Å². The first kappa shape index (κ1) is 94.3. The number of pyridine rings is 7. The van der Waals surface area contributed by atoms with Crippen LogP contribution in [0.5, 0.6) is 0 Å². The zero-order valence-electron chi connectivity index (χ0n) is 72.8. The molecule has 7 fully saturated rings. The fraction of sp³-hybridized carbons (Fsp3) is 0.538. The lowest BCUT2D eigenvalue weighted by molar-refractivity contribution is -0.148. The molecule has 7 saturated heterocycles. The monoisotopic (exact) mass is 1650 g/mol. The van der Waals surface area contributed by atoms with Crippen LogP contribution < -0.4 is 0 Å². The van der Waals surface area contributed by atoms with Gasteiger partial charge in [0.05, 0.1) is 60.3 Å². The third-order valence-electron chi connectivity index (χ3n) is 21.1. The van der Waals surface area contributed by atoms with E-state index in [1.165, 1.54) is 79.6 Å². The maximum absolute atomic E-state index is 13.1. The Labute approximate surface area is 696 Å². The molecule has 4 atom stereocenters. The van der Waals surface area contributed by atoms with Gasteiger partial charge in [-0.05, 0) is 115 Å². The van der Waals surface area contributed by atoms with E-state index in [0.717, 1.165) is 85.5 Å². The number of likely N-dealkylation sites (tertiary alicyclic amines) is 7. The highest BCUT2D eigenvalue weighted by Crippen LogP contribution is 2.41. The largest absolute Gasteiger partial charge is 0.341 e. The maximum atomic E-state index is 13.1. The van der Waals surface area contributed by atoms with Gasteiger partial charge < -0.3 is 34.3 Å². The smallest absolute Gasteiger partial charge is 0.228 e. The van der Waals surface area contributed by atoms with Crippen molar-refractivity contribution in [3.8, 4) is 0 Å². The molecule has 644 valence electrons. The minimum atomic E-state index is -0.488. The topological polar surface area (TPSA) is 232 Å². The zero-order valence-corrected chi connectivity index (χ0v) is 72.8. The van der Waals surface area contributed by atoms with Crippen LogP contribution in [0.3, 0.4) is 0 Å². The molecule has 14 rings (SSSR count). The number of amides is 7. The van der Waals surface area contributed by atoms with Gasteiger partial charge in [-0.25, -0.2) is 32.5 Å². The standard InChI is InChI=1S/7C13H17FN2O/c1-13(2,3)12(17)16-7-10(8-16)9-4-11(14)6-15-5-9;1-13(2,3)12(17)16-7-9(8-16)11-5-4-10(14)6-15-11;1-13(2,3)12(17)16-5-4-11(16)9-6-10(14)8-15-7-9;1-13(2,3)12(17)16-7-10(8-16)9-4-5-15-11(14)6-9;1-13(2,3)12(17)16-7-6-10(16)9-4-5-11(14)15-8-9;1-13(2,3)12(17)16-7-6-11(16)10-5-4-9(14)8-15-10;1-13(2,3)12(17)16-8-7-10(16)9-5-4-6-11(14)15-9/h4-6,10H,7-8H2,1-3H3;4-6,9H,7-8H2,1-3H3;6-8,11H,4-5H2,1-3H3;4-6,10H,7-8H2,1-3H3;4-5,8,10H,6-7H2,1-3H3;4-5,8,11H,6-7H2,1-3H3;4-6,10H,7-8H2,1-3H3. The molecule has 7 aromatic rings. The molecule has 0 radical (unpaired) electrons. The van der Waals surface area contributed by atoms with Gasteiger partial charge in [-0.15, -0.1) is 0 Å². The summed E-state index contributed by atoms with van der Waals surface area (Å²) in [5.41, 5.74) is 3.24. The summed E-state index contributed by atoms with van der Waals surface area (Å²) in [6.07, 6.45) is 14.7. The Morgan fingerprint density at radius 2 is 0.664 bits per heavy atom. The zero-order chi connectivity index (χ0) is 88.4. The first-order valence-electron chi connectivity index (χ1n) is 40.6. The van der Waals surface area contributed by atoms with Crippen molar-refractivity contribution in [1.82, 2.24) is 69.2 Å². The molecular weight excluding hydrogens is 1530 g/mol. The van der Waals surface area contributed by atoms with E-state index in [-0.39, 0.29) is 139 Å². The molecule has 7 amide bonds. The summed E-state index contributed by atoms with van der Waals surface area (Å²) in [6, 6.07) is 20.1. The lowest BCUT2D eigenvalue weighted by atomic mass is 9.87. The maximum Gasteiger partial charge on any atom is 0.228 e. The van der Waals surface area contributed by atoms with Gasteiger partial charge in [-0.2, -0.15) is 13.2 Å². The Morgan fingerprint density at radius 3 is 1.02 bits per heavy atom. The first-order valence-corrected chi connectivity index (χ1v) is 40.6. The second-order valence-corrected chi connectivity index (χ2v) is 38.6. The molecule has 21 nitrogen and oxygen atoms in total. The minimum absolute atomic E-state index is 0.00933. The van der Waals surface area contributed by atoms with Crippen molar-refractivity contribution in [2.45, 2.75) is 213 Å². The van der Waals surface area contributed by atoms with E-state index in [2.05, 4.69) is 34.9 Å². The third-order valence-corrected chi connectivity index (χ3v) is 21.1. The number of hydrogen-bond acceptors (Lipinski definition) is 14. The summed E-state index contributed by atoms with van der Waals surface area (Å²) < 4.78 is 90.3. The summed E-state index contributed by atoms with van der Waals surface area (Å²) in [4.78, 5) is 124. The number of hydrogen-bond donors (Lipinski definition) is 0. The van der Waals surface area contributed by atoms with Gasteiger partial charge in [0.25, 0.3) is 0 Å². The highest BCUT2D eigenvalue weighted by Gasteiger charge is 2.45. The summed E-state index contributed by atoms with van der Waals surface area (Å²) in [5.74, 6) is -1.10. The average Bonchev–Trinajstić information content (AvgIpc) is 0.787. The fourth-order valence-electron chi connectivity index (χ4n) is 13.9. The van der Waals surface area contributed by atoms with E-state index in [4.69, 9.17) is 0 Å². The van der Waals surface area contributed by atoms with Crippen molar-refractivity contribution in [3.63, 3.8) is 0 Å². The Hall–Kier alpha value is -10.2. The first-order chi connectivity index (χ1) is 55.2. The van der Waals surface area contributed by atoms with Crippen LogP contribution in [0.15, 0.2) is 128 Å². The van der Waals surface area contributed by atoms with E-state index in [1.54, 1.807) is 52.5 Å². The van der Waals surface area contributed by atoms with Gasteiger partial charge in [0.15, 0.2) is 0 Å². The van der Waals surface area contributed by atoms with Crippen molar-refractivity contribution in [2.24, 2.45) is 37.9 Å². The Kier molecular flexibility index (Phi) is 30.5. The Bertz CT molecular complexity index is 4400. The van der Waals surface area contributed by atoms with Crippen LogP contribution in [-0.2, 0) is 33.6 Å². The molecule has 0 aromatic carbocycles. The molecule has 0 spiro atoms. The molecular formula is C91H119F7N14O7. The number of carbonyl (C=O) groups is 7. The molecule has 0 saturated carbocycles. The Morgan fingerprint density at radius 1 is 0.294 bits per heavy atom. The number of rotatable bonds is 7. The lowest BCUT2D eigenvalue weighted by Gasteiger charge is -2.44. The lowest BCUT2D eigenvalue weighted by Crippen LogP contribution is -2.52. The van der Waals surface area contributed by atoms with Crippen molar-refractivity contribution < 1.29 is 64.3 Å². The van der Waals surface area contributed by atoms with Crippen LogP contribution >= 0.6 is 0 Å². The predicted octanol–water partition coefficient (Wildman–Crippen LogP) is 16.7. The van der Waals surface area contributed by atoms with Crippen LogP contribution in [-0.4, -0.2) is 176 Å². The van der Waals surface area contributed by atoms with Gasteiger partial charge in [-0.1, -0.05) is 158 Å². The second kappa shape index (κ2) is 38.5. The van der Waals surface area contributed by atoms with E-state index in [9.17, 15) is 64.3 Å². The predicted molar refractivity (Wildman–Crippen MR) is 440 cm³/mol.